The van der Waals surface area contributed by atoms with Gasteiger partial charge in [-0.2, -0.15) is 5.10 Å². The average Bonchev–Trinajstić information content (AvgIpc) is 3.34. The van der Waals surface area contributed by atoms with E-state index in [1.807, 2.05) is 6.92 Å². The highest BCUT2D eigenvalue weighted by Crippen LogP contribution is 2.33. The molecule has 8 nitrogen and oxygen atoms in total. The molecule has 0 atom stereocenters. The molecule has 35 heavy (non-hydrogen) atoms. The van der Waals surface area contributed by atoms with Crippen molar-refractivity contribution >= 4 is 22.6 Å². The number of carbonyl (C=O) groups excluding carboxylic acids is 1. The predicted octanol–water partition coefficient (Wildman–Crippen LogP) is 4.17. The van der Waals surface area contributed by atoms with Crippen molar-refractivity contribution in [2.24, 2.45) is 5.10 Å². The van der Waals surface area contributed by atoms with E-state index in [-0.39, 0.29) is 11.7 Å². The summed E-state index contributed by atoms with van der Waals surface area (Å²) in [7, 11) is 0. The van der Waals surface area contributed by atoms with Crippen molar-refractivity contribution in [2.75, 3.05) is 19.8 Å². The smallest absolute Gasteiger partial charge is 0.493 e. The van der Waals surface area contributed by atoms with Gasteiger partial charge in [-0.3, -0.25) is 10.2 Å². The molecule has 3 N–H and O–H groups in total. The van der Waals surface area contributed by atoms with E-state index in [1.54, 1.807) is 30.3 Å². The van der Waals surface area contributed by atoms with Crippen LogP contribution in [0.4, 0.5) is 13.2 Å². The summed E-state index contributed by atoms with van der Waals surface area (Å²) in [6.45, 7) is 3.29. The van der Waals surface area contributed by atoms with Crippen LogP contribution in [-0.2, 0) is 0 Å². The van der Waals surface area contributed by atoms with Crippen LogP contribution >= 0.6 is 0 Å². The third-order valence-electron chi connectivity index (χ3n) is 5.16. The minimum absolute atomic E-state index is 0.253. The lowest BCUT2D eigenvalue weighted by Gasteiger charge is -2.13. The lowest BCUT2D eigenvalue weighted by molar-refractivity contribution is -0.274. The maximum Gasteiger partial charge on any atom is 0.573 e. The van der Waals surface area contributed by atoms with Gasteiger partial charge >= 0.3 is 6.36 Å². The maximum absolute atomic E-state index is 12.7. The summed E-state index contributed by atoms with van der Waals surface area (Å²) < 4.78 is 47.7. The number of hydrogen-bond donors (Lipinski definition) is 3. The molecule has 0 spiro atoms. The number of aromatic nitrogens is 1. The molecule has 1 amide bonds. The van der Waals surface area contributed by atoms with Gasteiger partial charge in [-0.05, 0) is 43.7 Å². The molecule has 3 aromatic rings. The first-order valence-corrected chi connectivity index (χ1v) is 11.1. The van der Waals surface area contributed by atoms with Gasteiger partial charge in [-0.15, -0.1) is 13.2 Å². The molecule has 2 heterocycles. The Labute approximate surface area is 199 Å². The molecule has 0 unspecified atom stereocenters. The SMILES string of the molecule is CCOc1cc(-c2cccc(OC(F)(F)F)c2)nc2cc(C(=O)NCCCC3=NNCN3)ccc12. The Kier molecular flexibility index (Phi) is 7.23. The van der Waals surface area contributed by atoms with Gasteiger partial charge in [0, 0.05) is 35.5 Å². The van der Waals surface area contributed by atoms with Crippen molar-refractivity contribution in [2.45, 2.75) is 26.1 Å². The Balaban J connectivity index is 1.57. The molecule has 4 rings (SSSR count). The van der Waals surface area contributed by atoms with Crippen LogP contribution < -0.4 is 25.5 Å². The number of amides is 1. The normalized spacial score (nSPS) is 13.1. The van der Waals surface area contributed by atoms with Crippen LogP contribution in [0.25, 0.3) is 22.2 Å². The van der Waals surface area contributed by atoms with E-state index in [4.69, 9.17) is 4.74 Å². The third kappa shape index (κ3) is 6.31. The number of hydrogen-bond acceptors (Lipinski definition) is 7. The van der Waals surface area contributed by atoms with Gasteiger partial charge in [-0.25, -0.2) is 4.98 Å². The highest BCUT2D eigenvalue weighted by Gasteiger charge is 2.31. The van der Waals surface area contributed by atoms with Crippen molar-refractivity contribution in [1.82, 2.24) is 21.0 Å². The van der Waals surface area contributed by atoms with E-state index in [2.05, 4.69) is 30.9 Å². The molecule has 0 saturated carbocycles. The Bertz CT molecular complexity index is 1250. The number of benzene rings is 2. The molecule has 0 fully saturated rings. The van der Waals surface area contributed by atoms with Crippen LogP contribution in [0.5, 0.6) is 11.5 Å². The first-order valence-electron chi connectivity index (χ1n) is 11.1. The Morgan fingerprint density at radius 3 is 2.77 bits per heavy atom. The van der Waals surface area contributed by atoms with Crippen molar-refractivity contribution in [3.05, 3.63) is 54.1 Å². The van der Waals surface area contributed by atoms with Gasteiger partial charge < -0.3 is 20.1 Å². The zero-order valence-electron chi connectivity index (χ0n) is 18.9. The molecule has 1 aromatic heterocycles. The number of alkyl halides is 3. The maximum atomic E-state index is 12.7. The first-order chi connectivity index (χ1) is 16.8. The highest BCUT2D eigenvalue weighted by molar-refractivity contribution is 5.99. The summed E-state index contributed by atoms with van der Waals surface area (Å²) in [4.78, 5) is 17.3. The summed E-state index contributed by atoms with van der Waals surface area (Å²) in [5.41, 5.74) is 4.53. The fourth-order valence-corrected chi connectivity index (χ4v) is 3.63. The van der Waals surface area contributed by atoms with E-state index >= 15 is 0 Å². The van der Waals surface area contributed by atoms with Gasteiger partial charge in [0.2, 0.25) is 0 Å². The molecule has 0 saturated heterocycles. The summed E-state index contributed by atoms with van der Waals surface area (Å²) in [6, 6.07) is 12.3. The van der Waals surface area contributed by atoms with Crippen molar-refractivity contribution in [3.63, 3.8) is 0 Å². The van der Waals surface area contributed by atoms with E-state index in [0.717, 1.165) is 12.3 Å². The second kappa shape index (κ2) is 10.5. The minimum Gasteiger partial charge on any atom is -0.493 e. The topological polar surface area (TPSA) is 96.9 Å². The summed E-state index contributed by atoms with van der Waals surface area (Å²) in [5, 5.41) is 10.7. The monoisotopic (exact) mass is 487 g/mol. The Hall–Kier alpha value is -4.02. The number of fused-ring (bicyclic) bond motifs is 1. The number of carbonyl (C=O) groups is 1. The molecule has 0 bridgehead atoms. The summed E-state index contributed by atoms with van der Waals surface area (Å²) in [6.07, 6.45) is -3.36. The lowest BCUT2D eigenvalue weighted by Crippen LogP contribution is -2.26. The zero-order chi connectivity index (χ0) is 24.8. The van der Waals surface area contributed by atoms with Crippen molar-refractivity contribution in [3.8, 4) is 22.8 Å². The van der Waals surface area contributed by atoms with Gasteiger partial charge in [0.1, 0.15) is 24.0 Å². The third-order valence-corrected chi connectivity index (χ3v) is 5.16. The minimum atomic E-state index is -4.80. The molecule has 0 aliphatic carbocycles. The molecule has 1 aliphatic heterocycles. The van der Waals surface area contributed by atoms with Crippen molar-refractivity contribution < 1.29 is 27.4 Å². The van der Waals surface area contributed by atoms with Crippen LogP contribution in [0.15, 0.2) is 53.6 Å². The predicted molar refractivity (Wildman–Crippen MR) is 125 cm³/mol. The number of rotatable bonds is 9. The van der Waals surface area contributed by atoms with Crippen LogP contribution in [0.1, 0.15) is 30.1 Å². The summed E-state index contributed by atoms with van der Waals surface area (Å²) >= 11 is 0. The second-order valence-electron chi connectivity index (χ2n) is 7.68. The molecular weight excluding hydrogens is 463 g/mol. The molecular formula is C24H24F3N5O3. The molecule has 184 valence electrons. The van der Waals surface area contributed by atoms with Gasteiger partial charge in [0.25, 0.3) is 5.91 Å². The Morgan fingerprint density at radius 2 is 2.03 bits per heavy atom. The molecule has 11 heteroatoms. The van der Waals surface area contributed by atoms with Crippen molar-refractivity contribution in [1.29, 1.82) is 0 Å². The van der Waals surface area contributed by atoms with E-state index < -0.39 is 6.36 Å². The van der Waals surface area contributed by atoms with Crippen LogP contribution in [0.2, 0.25) is 0 Å². The van der Waals surface area contributed by atoms with Crippen LogP contribution in [-0.4, -0.2) is 42.9 Å². The standard InChI is InChI=1S/C24H24F3N5O3/c1-2-34-21-13-19(15-5-3-6-17(11-15)35-24(25,26)27)31-20-12-16(8-9-18(20)21)23(33)28-10-4-7-22-29-14-30-32-22/h3,5-6,8-9,11-13,30H,2,4,7,10,14H2,1H3,(H,28,33)(H,29,32). The highest BCUT2D eigenvalue weighted by atomic mass is 19.4. The molecule has 0 radical (unpaired) electrons. The lowest BCUT2D eigenvalue weighted by atomic mass is 10.1. The van der Waals surface area contributed by atoms with Gasteiger partial charge in [0.05, 0.1) is 17.8 Å². The Morgan fingerprint density at radius 1 is 1.17 bits per heavy atom. The fraction of sp³-hybridized carbons (Fsp3) is 0.292. The van der Waals surface area contributed by atoms with E-state index in [9.17, 15) is 18.0 Å². The van der Waals surface area contributed by atoms with E-state index in [0.29, 0.717) is 59.7 Å². The number of nitrogens with zero attached hydrogens (tertiary/aromatic N) is 2. The molecule has 2 aromatic carbocycles. The quantitative estimate of drug-likeness (QED) is 0.392. The number of halogens is 3. The van der Waals surface area contributed by atoms with Gasteiger partial charge in [-0.1, -0.05) is 12.1 Å². The van der Waals surface area contributed by atoms with E-state index in [1.165, 1.54) is 18.2 Å². The zero-order valence-corrected chi connectivity index (χ0v) is 18.9. The number of amidine groups is 1. The number of nitrogens with one attached hydrogen (secondary N) is 3. The number of ether oxygens (including phenoxy) is 2. The van der Waals surface area contributed by atoms with Gasteiger partial charge in [0.15, 0.2) is 0 Å². The first kappa shape index (κ1) is 24.1. The second-order valence-corrected chi connectivity index (χ2v) is 7.68. The largest absolute Gasteiger partial charge is 0.573 e. The summed E-state index contributed by atoms with van der Waals surface area (Å²) in [5.74, 6) is 0.768. The fourth-order valence-electron chi connectivity index (χ4n) is 3.63. The number of hydrazone groups is 1. The van der Waals surface area contributed by atoms with Crippen LogP contribution in [0.3, 0.4) is 0 Å². The molecule has 1 aliphatic rings. The van der Waals surface area contributed by atoms with Crippen LogP contribution in [0, 0.1) is 0 Å². The number of pyridine rings is 1. The average molecular weight is 487 g/mol.